The molecule has 0 amide bonds. The Morgan fingerprint density at radius 3 is 2.73 bits per heavy atom. The van der Waals surface area contributed by atoms with Gasteiger partial charge in [0.1, 0.15) is 0 Å². The summed E-state index contributed by atoms with van der Waals surface area (Å²) in [5.41, 5.74) is 1.33. The van der Waals surface area contributed by atoms with E-state index in [0.29, 0.717) is 0 Å². The molecule has 1 radical (unpaired) electrons. The molecule has 0 nitrogen and oxygen atoms in total. The molecule has 0 saturated carbocycles. The van der Waals surface area contributed by atoms with Crippen LogP contribution in [0, 0.1) is 12.0 Å². The van der Waals surface area contributed by atoms with Crippen molar-refractivity contribution in [3.8, 4) is 0 Å². The molecule has 0 unspecified atom stereocenters. The van der Waals surface area contributed by atoms with Crippen molar-refractivity contribution in [3.05, 3.63) is 35.9 Å². The number of hydrogen-bond donors (Lipinski definition) is 0. The van der Waals surface area contributed by atoms with Gasteiger partial charge in [0.15, 0.2) is 0 Å². The van der Waals surface area contributed by atoms with Gasteiger partial charge in [-0.3, -0.25) is 0 Å². The van der Waals surface area contributed by atoms with Crippen LogP contribution in [-0.4, -0.2) is 0 Å². The predicted molar refractivity (Wildman–Crippen MR) is 48.4 cm³/mol. The fourth-order valence-electron chi connectivity index (χ4n) is 1.03. The van der Waals surface area contributed by atoms with Crippen LogP contribution < -0.4 is 0 Å². The van der Waals surface area contributed by atoms with Gasteiger partial charge in [-0.25, -0.2) is 0 Å². The minimum Gasteiger partial charge on any atom is -0.0628 e. The third-order valence-corrected chi connectivity index (χ3v) is 1.76. The van der Waals surface area contributed by atoms with Crippen molar-refractivity contribution in [3.63, 3.8) is 0 Å². The molecule has 0 bridgehead atoms. The van der Waals surface area contributed by atoms with E-state index >= 15 is 0 Å². The Labute approximate surface area is 69.3 Å². The zero-order valence-corrected chi connectivity index (χ0v) is 7.30. The van der Waals surface area contributed by atoms with Crippen LogP contribution in [0.2, 0.25) is 0 Å². The van der Waals surface area contributed by atoms with Crippen LogP contribution >= 0.6 is 0 Å². The first-order chi connectivity index (χ1) is 5.29. The summed E-state index contributed by atoms with van der Waals surface area (Å²) in [5.74, 6) is 0.795. The van der Waals surface area contributed by atoms with Crippen LogP contribution in [0.5, 0.6) is 0 Å². The van der Waals surface area contributed by atoms with Gasteiger partial charge in [0.2, 0.25) is 0 Å². The zero-order valence-electron chi connectivity index (χ0n) is 7.30. The fraction of sp³-hybridized carbons (Fsp3) is 0.455. The molecular weight excluding hydrogens is 132 g/mol. The van der Waals surface area contributed by atoms with Gasteiger partial charge < -0.3 is 0 Å². The Balaban J connectivity index is 2.39. The van der Waals surface area contributed by atoms with Crippen molar-refractivity contribution in [1.82, 2.24) is 0 Å². The molecule has 0 heterocycles. The third-order valence-electron chi connectivity index (χ3n) is 1.76. The average Bonchev–Trinajstić information content (AvgIpc) is 2.03. The maximum atomic E-state index is 3.22. The minimum absolute atomic E-state index is 0.795. The number of hydrogen-bond acceptors (Lipinski definition) is 0. The van der Waals surface area contributed by atoms with Crippen molar-refractivity contribution in [2.24, 2.45) is 5.92 Å². The summed E-state index contributed by atoms with van der Waals surface area (Å²) >= 11 is 0. The van der Waals surface area contributed by atoms with Gasteiger partial charge >= 0.3 is 0 Å². The van der Waals surface area contributed by atoms with E-state index in [0.717, 1.165) is 5.92 Å². The molecule has 0 heteroatoms. The van der Waals surface area contributed by atoms with E-state index in [1.807, 2.05) is 12.1 Å². The number of aryl methyl sites for hydroxylation is 1. The average molecular weight is 147 g/mol. The van der Waals surface area contributed by atoms with E-state index in [4.69, 9.17) is 0 Å². The Morgan fingerprint density at radius 1 is 1.36 bits per heavy atom. The fourth-order valence-corrected chi connectivity index (χ4v) is 1.03. The van der Waals surface area contributed by atoms with Crippen LogP contribution in [0.15, 0.2) is 24.3 Å². The first kappa shape index (κ1) is 8.32. The van der Waals surface area contributed by atoms with Crippen LogP contribution in [0.4, 0.5) is 0 Å². The molecule has 0 aromatic heterocycles. The molecule has 59 valence electrons. The highest BCUT2D eigenvalue weighted by molar-refractivity contribution is 5.12. The van der Waals surface area contributed by atoms with E-state index < -0.39 is 0 Å². The summed E-state index contributed by atoms with van der Waals surface area (Å²) in [7, 11) is 0. The summed E-state index contributed by atoms with van der Waals surface area (Å²) in [6.45, 7) is 4.51. The molecule has 0 aliphatic heterocycles. The van der Waals surface area contributed by atoms with Crippen molar-refractivity contribution in [1.29, 1.82) is 0 Å². The largest absolute Gasteiger partial charge is 0.0628 e. The standard InChI is InChI=1S/C11H15/c1-10(2)8-9-11-6-4-3-5-7-11/h3-6,10H,8-9H2,1-2H3. The Morgan fingerprint density at radius 2 is 2.18 bits per heavy atom. The summed E-state index contributed by atoms with van der Waals surface area (Å²) in [6, 6.07) is 11.4. The van der Waals surface area contributed by atoms with Crippen LogP contribution in [0.1, 0.15) is 25.8 Å². The van der Waals surface area contributed by atoms with E-state index in [1.165, 1.54) is 18.4 Å². The molecule has 0 aliphatic rings. The van der Waals surface area contributed by atoms with Gasteiger partial charge in [-0.05, 0) is 30.4 Å². The third kappa shape index (κ3) is 3.22. The highest BCUT2D eigenvalue weighted by atomic mass is 14.0. The molecule has 0 atom stereocenters. The van der Waals surface area contributed by atoms with Crippen molar-refractivity contribution in [2.45, 2.75) is 26.7 Å². The molecule has 0 spiro atoms. The molecule has 1 aromatic rings. The highest BCUT2D eigenvalue weighted by Gasteiger charge is 1.94. The molecule has 0 N–H and O–H groups in total. The molecule has 0 fully saturated rings. The Bertz CT molecular complexity index is 186. The van der Waals surface area contributed by atoms with Gasteiger partial charge in [-0.1, -0.05) is 38.1 Å². The zero-order chi connectivity index (χ0) is 8.10. The summed E-state index contributed by atoms with van der Waals surface area (Å²) in [5, 5.41) is 0. The molecule has 0 saturated heterocycles. The normalized spacial score (nSPS) is 10.5. The number of rotatable bonds is 3. The van der Waals surface area contributed by atoms with Gasteiger partial charge in [0.25, 0.3) is 0 Å². The topological polar surface area (TPSA) is 0 Å². The first-order valence-corrected chi connectivity index (χ1v) is 4.24. The Kier molecular flexibility index (Phi) is 3.15. The smallest absolute Gasteiger partial charge is 0.0149 e. The number of benzene rings is 1. The lowest BCUT2D eigenvalue weighted by Gasteiger charge is -2.02. The van der Waals surface area contributed by atoms with Crippen LogP contribution in [0.25, 0.3) is 0 Å². The van der Waals surface area contributed by atoms with Crippen molar-refractivity contribution >= 4 is 0 Å². The lowest BCUT2D eigenvalue weighted by Crippen LogP contribution is -1.91. The maximum absolute atomic E-state index is 3.22. The van der Waals surface area contributed by atoms with E-state index in [-0.39, 0.29) is 0 Å². The Hall–Kier alpha value is -0.780. The first-order valence-electron chi connectivity index (χ1n) is 4.24. The van der Waals surface area contributed by atoms with Gasteiger partial charge in [0, 0.05) is 0 Å². The molecule has 0 aliphatic carbocycles. The summed E-state index contributed by atoms with van der Waals surface area (Å²) < 4.78 is 0. The second-order valence-electron chi connectivity index (χ2n) is 3.32. The molecule has 1 aromatic carbocycles. The second kappa shape index (κ2) is 4.17. The highest BCUT2D eigenvalue weighted by Crippen LogP contribution is 2.07. The van der Waals surface area contributed by atoms with E-state index in [9.17, 15) is 0 Å². The maximum Gasteiger partial charge on any atom is -0.0149 e. The minimum atomic E-state index is 0.795. The van der Waals surface area contributed by atoms with Gasteiger partial charge in [-0.2, -0.15) is 0 Å². The molecule has 1 rings (SSSR count). The molecule has 11 heavy (non-hydrogen) atoms. The lowest BCUT2D eigenvalue weighted by molar-refractivity contribution is 0.586. The molecular formula is C11H15. The summed E-state index contributed by atoms with van der Waals surface area (Å²) in [4.78, 5) is 0. The van der Waals surface area contributed by atoms with Crippen LogP contribution in [-0.2, 0) is 6.42 Å². The second-order valence-corrected chi connectivity index (χ2v) is 3.32. The summed E-state index contributed by atoms with van der Waals surface area (Å²) in [6.07, 6.45) is 2.43. The van der Waals surface area contributed by atoms with Gasteiger partial charge in [0.05, 0.1) is 0 Å². The van der Waals surface area contributed by atoms with Gasteiger partial charge in [-0.15, -0.1) is 0 Å². The van der Waals surface area contributed by atoms with E-state index in [1.54, 1.807) is 0 Å². The van der Waals surface area contributed by atoms with Crippen LogP contribution in [0.3, 0.4) is 0 Å². The van der Waals surface area contributed by atoms with E-state index in [2.05, 4.69) is 32.0 Å². The predicted octanol–water partition coefficient (Wildman–Crippen LogP) is 3.08. The van der Waals surface area contributed by atoms with Crippen molar-refractivity contribution in [2.75, 3.05) is 0 Å². The quantitative estimate of drug-likeness (QED) is 0.616. The SMILES string of the molecule is CC(C)CCc1[c]cccc1. The van der Waals surface area contributed by atoms with Crippen molar-refractivity contribution < 1.29 is 0 Å². The lowest BCUT2D eigenvalue weighted by atomic mass is 10.0. The monoisotopic (exact) mass is 147 g/mol.